The molecule has 0 radical (unpaired) electrons. The smallest absolute Gasteiger partial charge is 0.0931 e. The number of aromatic nitrogens is 2. The number of imidazole rings is 1. The third-order valence-corrected chi connectivity index (χ3v) is 3.39. The Kier molecular flexibility index (Phi) is 3.41. The maximum Gasteiger partial charge on any atom is 0.0931 e. The number of halogens is 1. The van der Waals surface area contributed by atoms with E-state index in [0.29, 0.717) is 0 Å². The van der Waals surface area contributed by atoms with E-state index in [1.807, 2.05) is 19.1 Å². The summed E-state index contributed by atoms with van der Waals surface area (Å²) in [5.74, 6) is 0. The van der Waals surface area contributed by atoms with Crippen LogP contribution in [-0.4, -0.2) is 9.97 Å². The van der Waals surface area contributed by atoms with Crippen molar-refractivity contribution < 1.29 is 0 Å². The fourth-order valence-electron chi connectivity index (χ4n) is 1.32. The first-order valence-corrected chi connectivity index (χ1v) is 5.89. The Morgan fingerprint density at radius 3 is 2.93 bits per heavy atom. The molecule has 0 saturated carbocycles. The van der Waals surface area contributed by atoms with E-state index in [-0.39, 0.29) is 0 Å². The molecule has 0 atom stereocenters. The molecule has 5 heteroatoms. The zero-order valence-electron chi connectivity index (χ0n) is 8.38. The second-order valence-electron chi connectivity index (χ2n) is 3.28. The van der Waals surface area contributed by atoms with Crippen molar-refractivity contribution in [2.24, 2.45) is 0 Å². The number of nitrogens with zero attached hydrogens (tertiary/aromatic N) is 1. The minimum atomic E-state index is 0.783. The van der Waals surface area contributed by atoms with Gasteiger partial charge in [-0.15, -0.1) is 11.3 Å². The quantitative estimate of drug-likeness (QED) is 0.864. The largest absolute Gasteiger partial charge is 0.348 e. The Bertz CT molecular complexity index is 435. The minimum Gasteiger partial charge on any atom is -0.348 e. The maximum atomic E-state index is 5.84. The Morgan fingerprint density at radius 1 is 1.47 bits per heavy atom. The maximum absolute atomic E-state index is 5.84. The van der Waals surface area contributed by atoms with E-state index >= 15 is 0 Å². The highest BCUT2D eigenvalue weighted by Crippen LogP contribution is 2.21. The zero-order valence-corrected chi connectivity index (χ0v) is 9.95. The number of hydrogen-bond donors (Lipinski definition) is 2. The van der Waals surface area contributed by atoms with Gasteiger partial charge >= 0.3 is 0 Å². The van der Waals surface area contributed by atoms with Gasteiger partial charge in [-0.05, 0) is 19.1 Å². The molecule has 3 nitrogen and oxygen atoms in total. The molecule has 0 aliphatic heterocycles. The summed E-state index contributed by atoms with van der Waals surface area (Å²) < 4.78 is 0.836. The molecule has 15 heavy (non-hydrogen) atoms. The number of H-pyrrole nitrogens is 1. The average Bonchev–Trinajstić information content (AvgIpc) is 2.77. The Balaban J connectivity index is 1.83. The van der Waals surface area contributed by atoms with Crippen LogP contribution in [0.4, 0.5) is 0 Å². The van der Waals surface area contributed by atoms with Crippen molar-refractivity contribution in [3.05, 3.63) is 39.1 Å². The fourth-order valence-corrected chi connectivity index (χ4v) is 2.37. The van der Waals surface area contributed by atoms with Gasteiger partial charge in [-0.25, -0.2) is 4.98 Å². The number of aromatic amines is 1. The third kappa shape index (κ3) is 2.81. The molecular weight excluding hydrogens is 230 g/mol. The van der Waals surface area contributed by atoms with Gasteiger partial charge in [0.2, 0.25) is 0 Å². The van der Waals surface area contributed by atoms with Gasteiger partial charge in [0.1, 0.15) is 0 Å². The molecule has 0 aliphatic rings. The number of rotatable bonds is 4. The first-order valence-electron chi connectivity index (χ1n) is 4.69. The Hall–Kier alpha value is -0.840. The lowest BCUT2D eigenvalue weighted by Gasteiger charge is -2.00. The van der Waals surface area contributed by atoms with Gasteiger partial charge < -0.3 is 10.3 Å². The summed E-state index contributed by atoms with van der Waals surface area (Å²) in [6.45, 7) is 3.64. The van der Waals surface area contributed by atoms with Crippen molar-refractivity contribution in [3.8, 4) is 0 Å². The van der Waals surface area contributed by atoms with E-state index in [1.165, 1.54) is 4.88 Å². The van der Waals surface area contributed by atoms with Crippen LogP contribution >= 0.6 is 22.9 Å². The molecule has 0 fully saturated rings. The molecule has 0 amide bonds. The van der Waals surface area contributed by atoms with Crippen LogP contribution in [-0.2, 0) is 13.1 Å². The third-order valence-electron chi connectivity index (χ3n) is 2.15. The molecule has 0 aliphatic carbocycles. The predicted molar refractivity (Wildman–Crippen MR) is 63.2 cm³/mol. The van der Waals surface area contributed by atoms with Gasteiger partial charge in [0.25, 0.3) is 0 Å². The summed E-state index contributed by atoms with van der Waals surface area (Å²) >= 11 is 7.44. The summed E-state index contributed by atoms with van der Waals surface area (Å²) in [6, 6.07) is 3.96. The average molecular weight is 242 g/mol. The molecule has 0 saturated heterocycles. The van der Waals surface area contributed by atoms with Crippen molar-refractivity contribution in [1.82, 2.24) is 15.3 Å². The summed E-state index contributed by atoms with van der Waals surface area (Å²) in [7, 11) is 0. The van der Waals surface area contributed by atoms with Crippen LogP contribution in [0.25, 0.3) is 0 Å². The molecule has 80 valence electrons. The number of aryl methyl sites for hydroxylation is 1. The summed E-state index contributed by atoms with van der Waals surface area (Å²) in [5, 5.41) is 3.33. The van der Waals surface area contributed by atoms with Crippen LogP contribution in [0.5, 0.6) is 0 Å². The first-order chi connectivity index (χ1) is 7.25. The highest BCUT2D eigenvalue weighted by Gasteiger charge is 2.01. The Morgan fingerprint density at radius 2 is 2.33 bits per heavy atom. The van der Waals surface area contributed by atoms with Crippen molar-refractivity contribution in [1.29, 1.82) is 0 Å². The first kappa shape index (κ1) is 10.7. The molecule has 2 aromatic heterocycles. The van der Waals surface area contributed by atoms with E-state index in [1.54, 1.807) is 17.7 Å². The van der Waals surface area contributed by atoms with Crippen molar-refractivity contribution >= 4 is 22.9 Å². The molecule has 2 N–H and O–H groups in total. The topological polar surface area (TPSA) is 40.7 Å². The standard InChI is InChI=1S/C10H12ClN3S/c1-7-9(14-6-13-7)5-12-4-8-2-3-10(11)15-8/h2-3,6,12H,4-5H2,1H3,(H,13,14). The van der Waals surface area contributed by atoms with Crippen LogP contribution in [0, 0.1) is 6.92 Å². The number of hydrogen-bond acceptors (Lipinski definition) is 3. The number of nitrogens with one attached hydrogen (secondary N) is 2. The summed E-state index contributed by atoms with van der Waals surface area (Å²) in [4.78, 5) is 8.51. The van der Waals surface area contributed by atoms with Crippen molar-refractivity contribution in [2.45, 2.75) is 20.0 Å². The molecule has 0 bridgehead atoms. The normalized spacial score (nSPS) is 10.8. The Labute approximate surface area is 97.5 Å². The summed E-state index contributed by atoms with van der Waals surface area (Å²) in [5.41, 5.74) is 2.18. The van der Waals surface area contributed by atoms with Gasteiger partial charge in [-0.3, -0.25) is 0 Å². The fraction of sp³-hybridized carbons (Fsp3) is 0.300. The van der Waals surface area contributed by atoms with Gasteiger partial charge in [0.05, 0.1) is 16.4 Å². The highest BCUT2D eigenvalue weighted by molar-refractivity contribution is 7.16. The minimum absolute atomic E-state index is 0.783. The lowest BCUT2D eigenvalue weighted by Crippen LogP contribution is -2.12. The van der Waals surface area contributed by atoms with Crippen LogP contribution in [0.2, 0.25) is 4.34 Å². The molecule has 2 aromatic rings. The van der Waals surface area contributed by atoms with Crippen LogP contribution < -0.4 is 5.32 Å². The molecule has 2 rings (SSSR count). The van der Waals surface area contributed by atoms with Crippen molar-refractivity contribution in [2.75, 3.05) is 0 Å². The molecule has 2 heterocycles. The van der Waals surface area contributed by atoms with E-state index in [4.69, 9.17) is 11.6 Å². The highest BCUT2D eigenvalue weighted by atomic mass is 35.5. The van der Waals surface area contributed by atoms with Crippen LogP contribution in [0.1, 0.15) is 16.3 Å². The second kappa shape index (κ2) is 4.79. The van der Waals surface area contributed by atoms with Crippen molar-refractivity contribution in [3.63, 3.8) is 0 Å². The monoisotopic (exact) mass is 241 g/mol. The van der Waals surface area contributed by atoms with E-state index in [2.05, 4.69) is 15.3 Å². The van der Waals surface area contributed by atoms with Gasteiger partial charge in [0, 0.05) is 23.7 Å². The second-order valence-corrected chi connectivity index (χ2v) is 5.08. The van der Waals surface area contributed by atoms with E-state index < -0.39 is 0 Å². The van der Waals surface area contributed by atoms with Crippen LogP contribution in [0.15, 0.2) is 18.5 Å². The summed E-state index contributed by atoms with van der Waals surface area (Å²) in [6.07, 6.45) is 1.72. The van der Waals surface area contributed by atoms with E-state index in [9.17, 15) is 0 Å². The lowest BCUT2D eigenvalue weighted by molar-refractivity contribution is 0.686. The SMILES string of the molecule is Cc1[nH]cnc1CNCc1ccc(Cl)s1. The van der Waals surface area contributed by atoms with E-state index in [0.717, 1.165) is 28.8 Å². The molecular formula is C10H12ClN3S. The van der Waals surface area contributed by atoms with Gasteiger partial charge in [-0.1, -0.05) is 11.6 Å². The van der Waals surface area contributed by atoms with Gasteiger partial charge in [0.15, 0.2) is 0 Å². The predicted octanol–water partition coefficient (Wildman–Crippen LogP) is 2.72. The molecule has 0 spiro atoms. The molecule has 0 unspecified atom stereocenters. The zero-order chi connectivity index (χ0) is 10.7. The lowest BCUT2D eigenvalue weighted by atomic mass is 10.3. The molecule has 0 aromatic carbocycles. The van der Waals surface area contributed by atoms with Gasteiger partial charge in [-0.2, -0.15) is 0 Å². The van der Waals surface area contributed by atoms with Crippen LogP contribution in [0.3, 0.4) is 0 Å². The number of thiophene rings is 1.